The van der Waals surface area contributed by atoms with E-state index in [1.807, 2.05) is 78.9 Å². The van der Waals surface area contributed by atoms with E-state index < -0.39 is 0 Å². The molecule has 0 spiro atoms. The number of hydrogen-bond donors (Lipinski definition) is 0. The Balaban J connectivity index is 1.54. The van der Waals surface area contributed by atoms with Gasteiger partial charge in [0.2, 0.25) is 0 Å². The molecule has 168 valence electrons. The Hall–Kier alpha value is -4.45. The summed E-state index contributed by atoms with van der Waals surface area (Å²) >= 11 is 0. The third-order valence-electron chi connectivity index (χ3n) is 5.68. The smallest absolute Gasteiger partial charge is 0.282 e. The van der Waals surface area contributed by atoms with Gasteiger partial charge in [-0.05, 0) is 53.6 Å². The van der Waals surface area contributed by atoms with Crippen LogP contribution in [0.4, 0.5) is 0 Å². The van der Waals surface area contributed by atoms with Crippen LogP contribution in [0, 0.1) is 0 Å². The molecule has 0 saturated carbocycles. The van der Waals surface area contributed by atoms with E-state index in [1.54, 1.807) is 31.4 Å². The van der Waals surface area contributed by atoms with Crippen molar-refractivity contribution >= 4 is 29.2 Å². The van der Waals surface area contributed by atoms with Crippen LogP contribution in [0.15, 0.2) is 101 Å². The van der Waals surface area contributed by atoms with Gasteiger partial charge in [0.15, 0.2) is 5.84 Å². The second-order valence-corrected chi connectivity index (χ2v) is 7.88. The van der Waals surface area contributed by atoms with Crippen LogP contribution in [0.25, 0.3) is 11.8 Å². The fourth-order valence-corrected chi connectivity index (χ4v) is 3.87. The van der Waals surface area contributed by atoms with Crippen LogP contribution in [0.1, 0.15) is 16.7 Å². The maximum Gasteiger partial charge on any atom is 0.282 e. The molecule has 34 heavy (non-hydrogen) atoms. The van der Waals surface area contributed by atoms with Gasteiger partial charge in [0.25, 0.3) is 5.91 Å². The van der Waals surface area contributed by atoms with Gasteiger partial charge in [-0.1, -0.05) is 42.5 Å². The van der Waals surface area contributed by atoms with E-state index in [4.69, 9.17) is 14.5 Å². The largest absolute Gasteiger partial charge is 0.497 e. The van der Waals surface area contributed by atoms with Crippen molar-refractivity contribution in [1.82, 2.24) is 4.90 Å². The van der Waals surface area contributed by atoms with Crippen LogP contribution in [-0.2, 0) is 11.2 Å². The van der Waals surface area contributed by atoms with Crippen LogP contribution < -0.4 is 9.47 Å². The number of benzene rings is 3. The lowest BCUT2D eigenvalue weighted by Crippen LogP contribution is -2.36. The topological polar surface area (TPSA) is 63.5 Å². The summed E-state index contributed by atoms with van der Waals surface area (Å²) in [4.78, 5) is 24.5. The Kier molecular flexibility index (Phi) is 5.79. The van der Waals surface area contributed by atoms with E-state index in [1.165, 1.54) is 0 Å². The Labute approximate surface area is 198 Å². The van der Waals surface area contributed by atoms with Gasteiger partial charge in [0.05, 0.1) is 25.6 Å². The van der Waals surface area contributed by atoms with E-state index in [0.717, 1.165) is 33.9 Å². The number of fused-ring (bicyclic) bond motifs is 1. The maximum absolute atomic E-state index is 13.3. The highest BCUT2D eigenvalue weighted by Gasteiger charge is 2.35. The Morgan fingerprint density at radius 3 is 2.12 bits per heavy atom. The molecule has 6 heteroatoms. The van der Waals surface area contributed by atoms with Gasteiger partial charge in [0.1, 0.15) is 17.2 Å². The minimum Gasteiger partial charge on any atom is -0.497 e. The quantitative estimate of drug-likeness (QED) is 0.393. The molecule has 2 heterocycles. The summed E-state index contributed by atoms with van der Waals surface area (Å²) in [5, 5.41) is 0. The lowest BCUT2D eigenvalue weighted by molar-refractivity contribution is -0.120. The van der Waals surface area contributed by atoms with Gasteiger partial charge in [-0.15, -0.1) is 0 Å². The maximum atomic E-state index is 13.3. The van der Waals surface area contributed by atoms with Crippen molar-refractivity contribution in [3.63, 3.8) is 0 Å². The molecule has 0 fully saturated rings. The molecule has 2 aliphatic rings. The molecule has 0 radical (unpaired) electrons. The molecule has 1 amide bonds. The zero-order chi connectivity index (χ0) is 23.5. The molecule has 5 rings (SSSR count). The van der Waals surface area contributed by atoms with Crippen molar-refractivity contribution in [3.05, 3.63) is 107 Å². The molecule has 0 bridgehead atoms. The Bertz CT molecular complexity index is 1340. The predicted molar refractivity (Wildman–Crippen MR) is 134 cm³/mol. The van der Waals surface area contributed by atoms with Crippen LogP contribution in [0.3, 0.4) is 0 Å². The zero-order valence-electron chi connectivity index (χ0n) is 18.9. The third kappa shape index (κ3) is 4.26. The number of methoxy groups -OCH3 is 2. The molecule has 3 aromatic carbocycles. The molecule has 0 unspecified atom stereocenters. The summed E-state index contributed by atoms with van der Waals surface area (Å²) < 4.78 is 10.5. The Morgan fingerprint density at radius 1 is 0.824 bits per heavy atom. The van der Waals surface area contributed by atoms with Crippen LogP contribution >= 0.6 is 0 Å². The molecule has 0 aliphatic carbocycles. The van der Waals surface area contributed by atoms with Crippen molar-refractivity contribution in [1.29, 1.82) is 0 Å². The number of ether oxygens (including phenoxy) is 2. The Morgan fingerprint density at radius 2 is 1.47 bits per heavy atom. The molecule has 3 aromatic rings. The van der Waals surface area contributed by atoms with E-state index in [9.17, 15) is 4.79 Å². The number of nitrogens with zero attached hydrogens (tertiary/aromatic N) is 3. The number of amides is 1. The lowest BCUT2D eigenvalue weighted by atomic mass is 10.0. The first-order valence-corrected chi connectivity index (χ1v) is 10.9. The number of amidine groups is 1. The van der Waals surface area contributed by atoms with E-state index >= 15 is 0 Å². The van der Waals surface area contributed by atoms with Gasteiger partial charge >= 0.3 is 0 Å². The third-order valence-corrected chi connectivity index (χ3v) is 5.68. The van der Waals surface area contributed by atoms with Crippen molar-refractivity contribution < 1.29 is 14.3 Å². The molecule has 0 N–H and O–H groups in total. The minimum absolute atomic E-state index is 0.183. The molecule has 0 saturated heterocycles. The second kappa shape index (κ2) is 9.19. The SMILES string of the molecule is COc1ccc([13CH]=C2N=C3C(Cc4ccccc4)=NC(c4ccc(OC)cc4)=CN3C2=O)cc1. The highest BCUT2D eigenvalue weighted by Crippen LogP contribution is 2.29. The standard InChI is InChI=1S/C28H23N3O3/c1-33-22-12-8-20(9-13-22)17-25-28(32)31-18-26(21-10-14-23(34-2)15-11-21)29-24(27(31)30-25)16-19-6-4-3-5-7-19/h3-15,17-18H,16H2,1-2H3/i17+1. The number of aliphatic imine (C=N–C) groups is 2. The number of carbonyl (C=O) groups excluding carboxylic acids is 1. The van der Waals surface area contributed by atoms with Crippen LogP contribution in [-0.4, -0.2) is 36.6 Å². The first-order chi connectivity index (χ1) is 16.6. The summed E-state index contributed by atoms with van der Waals surface area (Å²) in [5.74, 6) is 1.90. The summed E-state index contributed by atoms with van der Waals surface area (Å²) in [6.07, 6.45) is 4.10. The summed E-state index contributed by atoms with van der Waals surface area (Å²) in [6.45, 7) is 0. The minimum atomic E-state index is -0.183. The number of hydrogen-bond acceptors (Lipinski definition) is 5. The molecular formula is C28H23N3O3. The van der Waals surface area contributed by atoms with E-state index in [0.29, 0.717) is 23.7 Å². The van der Waals surface area contributed by atoms with Gasteiger partial charge in [-0.25, -0.2) is 9.98 Å². The van der Waals surface area contributed by atoms with Crippen LogP contribution in [0.2, 0.25) is 0 Å². The zero-order valence-corrected chi connectivity index (χ0v) is 18.9. The van der Waals surface area contributed by atoms with Gasteiger partial charge in [0, 0.05) is 18.2 Å². The lowest BCUT2D eigenvalue weighted by Gasteiger charge is -2.22. The van der Waals surface area contributed by atoms with Crippen LogP contribution in [0.5, 0.6) is 11.5 Å². The summed E-state index contributed by atoms with van der Waals surface area (Å²) in [6, 6.07) is 25.2. The highest BCUT2D eigenvalue weighted by atomic mass is 16.5. The molecular weight excluding hydrogens is 427 g/mol. The predicted octanol–water partition coefficient (Wildman–Crippen LogP) is 4.98. The molecule has 2 aliphatic heterocycles. The first kappa shape index (κ1) is 21.4. The fraction of sp³-hybridized carbons (Fsp3) is 0.107. The molecule has 0 atom stereocenters. The van der Waals surface area contributed by atoms with E-state index in [-0.39, 0.29) is 5.91 Å². The van der Waals surface area contributed by atoms with Crippen molar-refractivity contribution in [2.24, 2.45) is 9.98 Å². The monoisotopic (exact) mass is 450 g/mol. The van der Waals surface area contributed by atoms with Gasteiger partial charge in [-0.2, -0.15) is 0 Å². The second-order valence-electron chi connectivity index (χ2n) is 7.88. The summed E-state index contributed by atoms with van der Waals surface area (Å²) in [5.41, 5.74) is 4.67. The first-order valence-electron chi connectivity index (χ1n) is 10.9. The average molecular weight is 451 g/mol. The normalized spacial score (nSPS) is 16.1. The van der Waals surface area contributed by atoms with Gasteiger partial charge in [-0.3, -0.25) is 9.69 Å². The molecule has 0 aromatic heterocycles. The number of carbonyl (C=O) groups is 1. The van der Waals surface area contributed by atoms with E-state index in [2.05, 4.69) is 4.99 Å². The number of rotatable bonds is 6. The fourth-order valence-electron chi connectivity index (χ4n) is 3.87. The van der Waals surface area contributed by atoms with Crippen molar-refractivity contribution in [2.75, 3.05) is 14.2 Å². The van der Waals surface area contributed by atoms with Crippen molar-refractivity contribution in [3.8, 4) is 11.5 Å². The molecule has 6 nitrogen and oxygen atoms in total. The van der Waals surface area contributed by atoms with Gasteiger partial charge < -0.3 is 9.47 Å². The average Bonchev–Trinajstić information content (AvgIpc) is 3.20. The van der Waals surface area contributed by atoms with Crippen molar-refractivity contribution in [2.45, 2.75) is 6.42 Å². The summed E-state index contributed by atoms with van der Waals surface area (Å²) in [7, 11) is 3.26. The highest BCUT2D eigenvalue weighted by molar-refractivity contribution is 6.48.